The topological polar surface area (TPSA) is 95.9 Å². The molecule has 0 aromatic heterocycles. The van der Waals surface area contributed by atoms with Gasteiger partial charge in [0, 0.05) is 12.8 Å². The molecule has 0 radical (unpaired) electrons. The molecule has 6 nitrogen and oxygen atoms in total. The average Bonchev–Trinajstić information content (AvgIpc) is 3.28. The highest BCUT2D eigenvalue weighted by atomic mass is 16.5. The van der Waals surface area contributed by atoms with E-state index < -0.39 is 12.1 Å². The van der Waals surface area contributed by atoms with Crippen molar-refractivity contribution in [3.63, 3.8) is 0 Å². The second-order valence-electron chi connectivity index (χ2n) is 19.3. The third kappa shape index (κ3) is 49.6. The van der Waals surface area contributed by atoms with Gasteiger partial charge in [-0.15, -0.1) is 0 Å². The lowest BCUT2D eigenvalue weighted by atomic mass is 10.0. The number of ether oxygens (including phenoxy) is 1. The fraction of sp³-hybridized carbons (Fsp3) is 0.895. The Bertz CT molecular complexity index is 982. The van der Waals surface area contributed by atoms with Gasteiger partial charge in [0.1, 0.15) is 0 Å². The molecule has 0 aromatic carbocycles. The fourth-order valence-corrected chi connectivity index (χ4v) is 8.63. The van der Waals surface area contributed by atoms with E-state index in [1.54, 1.807) is 6.08 Å². The summed E-state index contributed by atoms with van der Waals surface area (Å²) < 4.78 is 5.46. The van der Waals surface area contributed by atoms with E-state index in [1.807, 2.05) is 6.08 Å². The highest BCUT2D eigenvalue weighted by Crippen LogP contribution is 2.17. The maximum absolute atomic E-state index is 12.4. The predicted octanol–water partition coefficient (Wildman–Crippen LogP) is 17.1. The molecule has 0 aliphatic carbocycles. The van der Waals surface area contributed by atoms with Crippen LogP contribution in [-0.4, -0.2) is 47.4 Å². The van der Waals surface area contributed by atoms with E-state index in [4.69, 9.17) is 4.74 Å². The molecule has 2 atom stereocenters. The molecule has 0 aliphatic rings. The first kappa shape index (κ1) is 61.3. The van der Waals surface area contributed by atoms with Crippen molar-refractivity contribution in [1.82, 2.24) is 5.32 Å². The summed E-state index contributed by atoms with van der Waals surface area (Å²) in [6.07, 6.45) is 63.3. The Morgan fingerprint density at radius 3 is 1.13 bits per heavy atom. The number of carbonyl (C=O) groups excluding carboxylic acids is 2. The van der Waals surface area contributed by atoms with Crippen LogP contribution in [0.4, 0.5) is 0 Å². The maximum Gasteiger partial charge on any atom is 0.305 e. The molecule has 372 valence electrons. The highest BCUT2D eigenvalue weighted by molar-refractivity contribution is 5.76. The van der Waals surface area contributed by atoms with Crippen molar-refractivity contribution in [3.05, 3.63) is 24.3 Å². The number of rotatable bonds is 52. The minimum absolute atomic E-state index is 0.0199. The number of unbranched alkanes of at least 4 members (excludes halogenated alkanes) is 39. The van der Waals surface area contributed by atoms with Crippen LogP contribution in [0.1, 0.15) is 303 Å². The van der Waals surface area contributed by atoms with Crippen LogP contribution in [0.15, 0.2) is 24.3 Å². The van der Waals surface area contributed by atoms with Crippen LogP contribution in [0.25, 0.3) is 0 Å². The number of amides is 1. The van der Waals surface area contributed by atoms with Crippen molar-refractivity contribution in [2.45, 2.75) is 315 Å². The molecule has 0 rings (SSSR count). The van der Waals surface area contributed by atoms with E-state index in [9.17, 15) is 19.8 Å². The standard InChI is InChI=1S/C57H109NO5/c1-3-5-7-9-11-13-15-17-19-21-22-24-26-31-35-39-43-47-51-57(62)63-52-48-44-40-36-32-28-27-30-34-38-42-46-50-56(61)58-54(53-59)55(60)49-45-41-37-33-29-25-23-20-18-16-14-12-10-8-6-4-2/h28,32,45,49,54-55,59-60H,3-27,29-31,33-44,46-48,50-53H2,1-2H3,(H,58,61)/b32-28-,49-45+. The van der Waals surface area contributed by atoms with Crippen molar-refractivity contribution < 1.29 is 24.5 Å². The van der Waals surface area contributed by atoms with Gasteiger partial charge in [0.2, 0.25) is 5.91 Å². The van der Waals surface area contributed by atoms with E-state index in [0.717, 1.165) is 77.0 Å². The molecule has 1 amide bonds. The number of hydrogen-bond donors (Lipinski definition) is 3. The third-order valence-corrected chi connectivity index (χ3v) is 13.0. The number of aliphatic hydroxyl groups is 2. The Morgan fingerprint density at radius 2 is 0.746 bits per heavy atom. The minimum atomic E-state index is -0.860. The van der Waals surface area contributed by atoms with E-state index in [1.165, 1.54) is 199 Å². The van der Waals surface area contributed by atoms with Gasteiger partial charge in [-0.1, -0.05) is 250 Å². The zero-order valence-electron chi connectivity index (χ0n) is 42.3. The lowest BCUT2D eigenvalue weighted by molar-refractivity contribution is -0.143. The number of carbonyl (C=O) groups is 2. The van der Waals surface area contributed by atoms with Gasteiger partial charge in [0.05, 0.1) is 25.4 Å². The van der Waals surface area contributed by atoms with Crippen molar-refractivity contribution in [1.29, 1.82) is 0 Å². The van der Waals surface area contributed by atoms with Gasteiger partial charge in [-0.05, 0) is 64.2 Å². The van der Waals surface area contributed by atoms with Gasteiger partial charge in [-0.3, -0.25) is 9.59 Å². The van der Waals surface area contributed by atoms with E-state index in [-0.39, 0.29) is 18.5 Å². The van der Waals surface area contributed by atoms with Gasteiger partial charge in [-0.2, -0.15) is 0 Å². The summed E-state index contributed by atoms with van der Waals surface area (Å²) in [4.78, 5) is 24.5. The molecule has 63 heavy (non-hydrogen) atoms. The molecular weight excluding hydrogens is 779 g/mol. The molecular formula is C57H109NO5. The largest absolute Gasteiger partial charge is 0.466 e. The Hall–Kier alpha value is -1.66. The molecule has 0 fully saturated rings. The Morgan fingerprint density at radius 1 is 0.429 bits per heavy atom. The zero-order valence-corrected chi connectivity index (χ0v) is 42.3. The normalized spacial score (nSPS) is 12.8. The minimum Gasteiger partial charge on any atom is -0.466 e. The Kier molecular flexibility index (Phi) is 51.6. The van der Waals surface area contributed by atoms with Gasteiger partial charge >= 0.3 is 5.97 Å². The number of nitrogens with one attached hydrogen (secondary N) is 1. The van der Waals surface area contributed by atoms with Gasteiger partial charge in [-0.25, -0.2) is 0 Å². The highest BCUT2D eigenvalue weighted by Gasteiger charge is 2.18. The molecule has 0 saturated carbocycles. The summed E-state index contributed by atoms with van der Waals surface area (Å²) in [5.74, 6) is -0.112. The zero-order chi connectivity index (χ0) is 45.8. The van der Waals surface area contributed by atoms with Crippen LogP contribution in [0.5, 0.6) is 0 Å². The molecule has 0 aliphatic heterocycles. The van der Waals surface area contributed by atoms with E-state index in [2.05, 4.69) is 31.3 Å². The van der Waals surface area contributed by atoms with Gasteiger partial charge < -0.3 is 20.3 Å². The van der Waals surface area contributed by atoms with Crippen LogP contribution in [0.3, 0.4) is 0 Å². The number of esters is 1. The molecule has 0 spiro atoms. The fourth-order valence-electron chi connectivity index (χ4n) is 8.63. The van der Waals surface area contributed by atoms with Crippen LogP contribution < -0.4 is 5.32 Å². The average molecular weight is 889 g/mol. The number of allylic oxidation sites excluding steroid dienone is 3. The summed E-state index contributed by atoms with van der Waals surface area (Å²) in [6.45, 7) is 4.86. The van der Waals surface area contributed by atoms with E-state index in [0.29, 0.717) is 19.4 Å². The third-order valence-electron chi connectivity index (χ3n) is 13.0. The van der Waals surface area contributed by atoms with Crippen LogP contribution >= 0.6 is 0 Å². The van der Waals surface area contributed by atoms with Crippen LogP contribution in [-0.2, 0) is 14.3 Å². The Balaban J connectivity index is 3.50. The molecule has 2 unspecified atom stereocenters. The first-order valence-corrected chi connectivity index (χ1v) is 28.1. The lowest BCUT2D eigenvalue weighted by Crippen LogP contribution is -2.45. The first-order chi connectivity index (χ1) is 31.0. The smallest absolute Gasteiger partial charge is 0.305 e. The number of aliphatic hydroxyl groups excluding tert-OH is 2. The van der Waals surface area contributed by atoms with Gasteiger partial charge in [0.15, 0.2) is 0 Å². The molecule has 6 heteroatoms. The molecule has 0 heterocycles. The summed E-state index contributed by atoms with van der Waals surface area (Å²) in [5, 5.41) is 23.1. The summed E-state index contributed by atoms with van der Waals surface area (Å²) >= 11 is 0. The molecule has 0 bridgehead atoms. The quantitative estimate of drug-likeness (QED) is 0.0321. The molecule has 3 N–H and O–H groups in total. The SMILES string of the molecule is CCCCCCCCCCCCCCCC/C=C/C(O)C(CO)NC(=O)CCCCCCC/C=C\CCCCCOC(=O)CCCCCCCCCCCCCCCCCCCC. The van der Waals surface area contributed by atoms with Crippen molar-refractivity contribution >= 4 is 11.9 Å². The van der Waals surface area contributed by atoms with Crippen molar-refractivity contribution in [3.8, 4) is 0 Å². The van der Waals surface area contributed by atoms with E-state index >= 15 is 0 Å². The van der Waals surface area contributed by atoms with Gasteiger partial charge in [0.25, 0.3) is 0 Å². The van der Waals surface area contributed by atoms with Crippen molar-refractivity contribution in [2.75, 3.05) is 13.2 Å². The second-order valence-corrected chi connectivity index (χ2v) is 19.3. The monoisotopic (exact) mass is 888 g/mol. The predicted molar refractivity (Wildman–Crippen MR) is 273 cm³/mol. The Labute approximate surface area is 392 Å². The second kappa shape index (κ2) is 53.0. The molecule has 0 aromatic rings. The first-order valence-electron chi connectivity index (χ1n) is 28.1. The van der Waals surface area contributed by atoms with Crippen LogP contribution in [0, 0.1) is 0 Å². The molecule has 0 saturated heterocycles. The lowest BCUT2D eigenvalue weighted by Gasteiger charge is -2.20. The van der Waals surface area contributed by atoms with Crippen molar-refractivity contribution in [2.24, 2.45) is 0 Å². The number of hydrogen-bond acceptors (Lipinski definition) is 5. The summed E-state index contributed by atoms with van der Waals surface area (Å²) in [5.41, 5.74) is 0. The maximum atomic E-state index is 12.4. The summed E-state index contributed by atoms with van der Waals surface area (Å²) in [7, 11) is 0. The summed E-state index contributed by atoms with van der Waals surface area (Å²) in [6, 6.07) is -0.646. The van der Waals surface area contributed by atoms with Crippen LogP contribution in [0.2, 0.25) is 0 Å².